The second kappa shape index (κ2) is 6.68. The maximum Gasteiger partial charge on any atom is 0.433 e. The number of nitrogens with zero attached hydrogens (tertiary/aromatic N) is 2. The summed E-state index contributed by atoms with van der Waals surface area (Å²) in [7, 11) is 0. The Morgan fingerprint density at radius 2 is 1.22 bits per heavy atom. The maximum absolute atomic E-state index is 13.2. The minimum Gasteiger partial charge on any atom is -0.228 e. The number of hydrogen-bond acceptors (Lipinski definition) is 2. The Labute approximate surface area is 150 Å². The molecule has 8 heteroatoms. The van der Waals surface area contributed by atoms with E-state index < -0.39 is 23.6 Å². The summed E-state index contributed by atoms with van der Waals surface area (Å²) >= 11 is 0. The lowest BCUT2D eigenvalue weighted by Crippen LogP contribution is -2.10. The van der Waals surface area contributed by atoms with Gasteiger partial charge >= 0.3 is 12.4 Å². The Morgan fingerprint density at radius 3 is 1.74 bits per heavy atom. The third-order valence-electron chi connectivity index (χ3n) is 3.83. The van der Waals surface area contributed by atoms with E-state index in [-0.39, 0.29) is 17.1 Å². The molecule has 140 valence electrons. The molecule has 0 aliphatic carbocycles. The summed E-state index contributed by atoms with van der Waals surface area (Å²) in [5.41, 5.74) is -0.608. The molecule has 3 aromatic rings. The second-order valence-electron chi connectivity index (χ2n) is 5.90. The first kappa shape index (κ1) is 18.9. The molecule has 0 radical (unpaired) electrons. The second-order valence-corrected chi connectivity index (χ2v) is 5.90. The van der Waals surface area contributed by atoms with Crippen LogP contribution in [-0.4, -0.2) is 9.97 Å². The fourth-order valence-corrected chi connectivity index (χ4v) is 2.40. The van der Waals surface area contributed by atoms with Crippen LogP contribution in [-0.2, 0) is 12.4 Å². The highest BCUT2D eigenvalue weighted by atomic mass is 19.4. The first-order valence-electron chi connectivity index (χ1n) is 7.75. The van der Waals surface area contributed by atoms with E-state index in [0.29, 0.717) is 5.56 Å². The average molecular weight is 382 g/mol. The molecule has 0 fully saturated rings. The Kier molecular flexibility index (Phi) is 4.67. The van der Waals surface area contributed by atoms with Gasteiger partial charge in [-0.2, -0.15) is 26.3 Å². The minimum absolute atomic E-state index is 0.0345. The SMILES string of the molecule is Cc1ccc(-c2cc(C(F)(F)F)nc(-c3ccc(C(F)(F)F)cc3)n2)cc1. The molecule has 0 saturated heterocycles. The van der Waals surface area contributed by atoms with Crippen LogP contribution < -0.4 is 0 Å². The topological polar surface area (TPSA) is 25.8 Å². The zero-order valence-corrected chi connectivity index (χ0v) is 13.9. The summed E-state index contributed by atoms with van der Waals surface area (Å²) in [6, 6.07) is 11.2. The van der Waals surface area contributed by atoms with Crippen LogP contribution in [0, 0.1) is 6.92 Å². The Hall–Kier alpha value is -2.90. The van der Waals surface area contributed by atoms with Crippen molar-refractivity contribution in [2.24, 2.45) is 0 Å². The summed E-state index contributed by atoms with van der Waals surface area (Å²) < 4.78 is 77.7. The zero-order valence-electron chi connectivity index (χ0n) is 13.9. The molecule has 0 aliphatic heterocycles. The van der Waals surface area contributed by atoms with Crippen LogP contribution in [0.1, 0.15) is 16.8 Å². The van der Waals surface area contributed by atoms with Crippen LogP contribution in [0.5, 0.6) is 0 Å². The molecule has 27 heavy (non-hydrogen) atoms. The van der Waals surface area contributed by atoms with Crippen molar-refractivity contribution in [3.05, 3.63) is 71.4 Å². The standard InChI is InChI=1S/C19H12F6N2/c1-11-2-4-12(5-3-11)15-10-16(19(23,24)25)27-17(26-15)13-6-8-14(9-7-13)18(20,21)22/h2-10H,1H3. The highest BCUT2D eigenvalue weighted by Gasteiger charge is 2.34. The lowest BCUT2D eigenvalue weighted by molar-refractivity contribution is -0.141. The van der Waals surface area contributed by atoms with Gasteiger partial charge in [0.1, 0.15) is 5.69 Å². The van der Waals surface area contributed by atoms with Crippen LogP contribution in [0.3, 0.4) is 0 Å². The maximum atomic E-state index is 13.2. The number of aryl methyl sites for hydroxylation is 1. The number of rotatable bonds is 2. The van der Waals surface area contributed by atoms with Gasteiger partial charge in [-0.05, 0) is 25.1 Å². The van der Waals surface area contributed by atoms with E-state index in [0.717, 1.165) is 35.9 Å². The van der Waals surface area contributed by atoms with Gasteiger partial charge in [0, 0.05) is 11.1 Å². The van der Waals surface area contributed by atoms with Crippen molar-refractivity contribution in [1.82, 2.24) is 9.97 Å². The van der Waals surface area contributed by atoms with E-state index in [4.69, 9.17) is 0 Å². The van der Waals surface area contributed by atoms with E-state index >= 15 is 0 Å². The predicted molar refractivity (Wildman–Crippen MR) is 87.6 cm³/mol. The van der Waals surface area contributed by atoms with Gasteiger partial charge in [0.05, 0.1) is 11.3 Å². The third kappa shape index (κ3) is 4.27. The van der Waals surface area contributed by atoms with Crippen LogP contribution in [0.2, 0.25) is 0 Å². The molecule has 0 saturated carbocycles. The van der Waals surface area contributed by atoms with E-state index in [1.807, 2.05) is 6.92 Å². The molecule has 0 amide bonds. The molecular formula is C19H12F6N2. The first-order chi connectivity index (χ1) is 12.5. The van der Waals surface area contributed by atoms with Gasteiger partial charge < -0.3 is 0 Å². The molecule has 0 spiro atoms. The summed E-state index contributed by atoms with van der Waals surface area (Å²) in [5, 5.41) is 0. The molecule has 2 nitrogen and oxygen atoms in total. The van der Waals surface area contributed by atoms with Gasteiger partial charge in [0.15, 0.2) is 5.82 Å². The molecule has 1 aromatic heterocycles. The highest BCUT2D eigenvalue weighted by Crippen LogP contribution is 2.34. The molecule has 0 aliphatic rings. The Bertz CT molecular complexity index is 942. The minimum atomic E-state index is -4.72. The lowest BCUT2D eigenvalue weighted by atomic mass is 10.1. The van der Waals surface area contributed by atoms with E-state index in [9.17, 15) is 26.3 Å². The van der Waals surface area contributed by atoms with Crippen molar-refractivity contribution in [2.75, 3.05) is 0 Å². The number of halogens is 6. The fraction of sp³-hybridized carbons (Fsp3) is 0.158. The Balaban J connectivity index is 2.12. The van der Waals surface area contributed by atoms with E-state index in [1.165, 1.54) is 0 Å². The van der Waals surface area contributed by atoms with Crippen molar-refractivity contribution in [2.45, 2.75) is 19.3 Å². The molecule has 0 bridgehead atoms. The molecule has 0 N–H and O–H groups in total. The summed E-state index contributed by atoms with van der Waals surface area (Å²) in [4.78, 5) is 7.61. The summed E-state index contributed by atoms with van der Waals surface area (Å²) in [6.07, 6.45) is -9.26. The van der Waals surface area contributed by atoms with Crippen LogP contribution in [0.25, 0.3) is 22.6 Å². The first-order valence-corrected chi connectivity index (χ1v) is 7.75. The van der Waals surface area contributed by atoms with Crippen molar-refractivity contribution in [1.29, 1.82) is 0 Å². The van der Waals surface area contributed by atoms with Crippen LogP contribution in [0.15, 0.2) is 54.6 Å². The molecule has 1 heterocycles. The van der Waals surface area contributed by atoms with Crippen LogP contribution >= 0.6 is 0 Å². The van der Waals surface area contributed by atoms with Crippen molar-refractivity contribution in [3.63, 3.8) is 0 Å². The monoisotopic (exact) mass is 382 g/mol. The van der Waals surface area contributed by atoms with Gasteiger partial charge in [-0.25, -0.2) is 9.97 Å². The lowest BCUT2D eigenvalue weighted by Gasteiger charge is -2.12. The summed E-state index contributed by atoms with van der Waals surface area (Å²) in [5.74, 6) is -0.297. The molecule has 0 atom stereocenters. The third-order valence-corrected chi connectivity index (χ3v) is 3.83. The van der Waals surface area contributed by atoms with Crippen molar-refractivity contribution >= 4 is 0 Å². The summed E-state index contributed by atoms with van der Waals surface area (Å²) in [6.45, 7) is 1.83. The van der Waals surface area contributed by atoms with Gasteiger partial charge in [0.25, 0.3) is 0 Å². The molecule has 3 rings (SSSR count). The van der Waals surface area contributed by atoms with Gasteiger partial charge in [-0.15, -0.1) is 0 Å². The largest absolute Gasteiger partial charge is 0.433 e. The molecule has 0 unspecified atom stereocenters. The van der Waals surface area contributed by atoms with Gasteiger partial charge in [-0.3, -0.25) is 0 Å². The average Bonchev–Trinajstić information content (AvgIpc) is 2.60. The van der Waals surface area contributed by atoms with E-state index in [1.54, 1.807) is 24.3 Å². The smallest absolute Gasteiger partial charge is 0.228 e. The van der Waals surface area contributed by atoms with Crippen molar-refractivity contribution < 1.29 is 26.3 Å². The highest BCUT2D eigenvalue weighted by molar-refractivity contribution is 5.65. The van der Waals surface area contributed by atoms with Gasteiger partial charge in [-0.1, -0.05) is 42.0 Å². The van der Waals surface area contributed by atoms with Crippen molar-refractivity contribution in [3.8, 4) is 22.6 Å². The quantitative estimate of drug-likeness (QED) is 0.497. The Morgan fingerprint density at radius 1 is 0.667 bits per heavy atom. The number of hydrogen-bond donors (Lipinski definition) is 0. The van der Waals surface area contributed by atoms with E-state index in [2.05, 4.69) is 9.97 Å². The number of alkyl halides is 6. The molecular weight excluding hydrogens is 370 g/mol. The zero-order chi connectivity index (χ0) is 19.8. The predicted octanol–water partition coefficient (Wildman–Crippen LogP) is 6.16. The normalized spacial score (nSPS) is 12.3. The van der Waals surface area contributed by atoms with Crippen LogP contribution in [0.4, 0.5) is 26.3 Å². The van der Waals surface area contributed by atoms with Gasteiger partial charge in [0.2, 0.25) is 0 Å². The fourth-order valence-electron chi connectivity index (χ4n) is 2.40. The molecule has 2 aromatic carbocycles. The number of benzene rings is 2. The number of aromatic nitrogens is 2.